The van der Waals surface area contributed by atoms with Gasteiger partial charge in [-0.15, -0.1) is 0 Å². The van der Waals surface area contributed by atoms with Crippen molar-refractivity contribution in [3.8, 4) is 5.75 Å². The maximum absolute atomic E-state index is 12.4. The first-order valence-corrected chi connectivity index (χ1v) is 8.22. The van der Waals surface area contributed by atoms with Crippen LogP contribution in [0.15, 0.2) is 36.4 Å². The summed E-state index contributed by atoms with van der Waals surface area (Å²) in [6, 6.07) is 8.96. The van der Waals surface area contributed by atoms with E-state index >= 15 is 0 Å². The molecule has 5 atom stereocenters. The van der Waals surface area contributed by atoms with Gasteiger partial charge in [-0.25, -0.2) is 0 Å². The normalized spacial score (nSPS) is 28.8. The van der Waals surface area contributed by atoms with E-state index in [-0.39, 0.29) is 12.2 Å². The molecule has 0 aliphatic carbocycles. The van der Waals surface area contributed by atoms with E-state index in [1.54, 1.807) is 30.3 Å². The lowest BCUT2D eigenvalue weighted by Crippen LogP contribution is -2.64. The molecule has 1 amide bonds. The van der Waals surface area contributed by atoms with Crippen molar-refractivity contribution in [3.05, 3.63) is 42.0 Å². The fraction of sp³-hybridized carbons (Fsp3) is 0.389. The number of carbonyl (C=O) groups is 1. The van der Waals surface area contributed by atoms with Gasteiger partial charge in [0.05, 0.1) is 13.0 Å². The molecule has 1 saturated heterocycles. The largest absolute Gasteiger partial charge is 0.507 e. The summed E-state index contributed by atoms with van der Waals surface area (Å²) < 4.78 is 5.02. The number of phenols is 1. The Balaban J connectivity index is 1.74. The molecule has 1 heterocycles. The van der Waals surface area contributed by atoms with Crippen LogP contribution < -0.4 is 5.32 Å². The van der Waals surface area contributed by atoms with E-state index in [0.29, 0.717) is 16.3 Å². The lowest BCUT2D eigenvalue weighted by atomic mass is 9.96. The minimum absolute atomic E-state index is 0.0593. The minimum atomic E-state index is -1.56. The number of ether oxygens (including phenoxy) is 1. The third kappa shape index (κ3) is 3.50. The molecule has 8 heteroatoms. The Morgan fingerprint density at radius 3 is 2.42 bits per heavy atom. The van der Waals surface area contributed by atoms with Crippen molar-refractivity contribution in [2.75, 3.05) is 6.61 Å². The lowest BCUT2D eigenvalue weighted by molar-refractivity contribution is -0.253. The smallest absolute Gasteiger partial charge is 0.224 e. The number of phenolic OH excluding ortho intramolecular Hbond substituents is 1. The second-order valence-electron chi connectivity index (χ2n) is 6.29. The maximum Gasteiger partial charge on any atom is 0.224 e. The molecular weight excluding hydrogens is 342 g/mol. The summed E-state index contributed by atoms with van der Waals surface area (Å²) in [6.07, 6.45) is -5.68. The van der Waals surface area contributed by atoms with Gasteiger partial charge in [0, 0.05) is 5.39 Å². The van der Waals surface area contributed by atoms with Gasteiger partial charge in [0.2, 0.25) is 5.91 Å². The highest BCUT2D eigenvalue weighted by Gasteiger charge is 2.44. The maximum atomic E-state index is 12.4. The summed E-state index contributed by atoms with van der Waals surface area (Å²) in [7, 11) is 0. The highest BCUT2D eigenvalue weighted by Crippen LogP contribution is 2.28. The summed E-state index contributed by atoms with van der Waals surface area (Å²) >= 11 is 0. The Bertz CT molecular complexity index is 796. The van der Waals surface area contributed by atoms with Crippen LogP contribution in [-0.4, -0.2) is 68.7 Å². The SMILES string of the molecule is O=C(Cc1ccc(O)c2ccccc12)N[C@@H]1[C@@H](O)[C@H](O)[C@@H](CO)O[C@H]1O. The van der Waals surface area contributed by atoms with Crippen LogP contribution in [0.4, 0.5) is 0 Å². The van der Waals surface area contributed by atoms with E-state index in [1.807, 2.05) is 0 Å². The number of hydrogen-bond donors (Lipinski definition) is 6. The van der Waals surface area contributed by atoms with Crippen LogP contribution in [0, 0.1) is 0 Å². The van der Waals surface area contributed by atoms with E-state index < -0.39 is 43.2 Å². The zero-order valence-electron chi connectivity index (χ0n) is 13.8. The summed E-state index contributed by atoms with van der Waals surface area (Å²) in [5.74, 6) is -0.392. The predicted octanol–water partition coefficient (Wildman–Crippen LogP) is -0.996. The van der Waals surface area contributed by atoms with Crippen molar-refractivity contribution in [1.82, 2.24) is 5.32 Å². The summed E-state index contributed by atoms with van der Waals surface area (Å²) in [4.78, 5) is 12.4. The summed E-state index contributed by atoms with van der Waals surface area (Å²) in [5, 5.41) is 52.6. The average molecular weight is 363 g/mol. The molecule has 0 unspecified atom stereocenters. The Hall–Kier alpha value is -2.23. The van der Waals surface area contributed by atoms with E-state index in [9.17, 15) is 25.2 Å². The van der Waals surface area contributed by atoms with Crippen molar-refractivity contribution < 1.29 is 35.1 Å². The van der Waals surface area contributed by atoms with Gasteiger partial charge in [-0.1, -0.05) is 30.3 Å². The van der Waals surface area contributed by atoms with Crippen LogP contribution in [0.1, 0.15) is 5.56 Å². The summed E-state index contributed by atoms with van der Waals surface area (Å²) in [6.45, 7) is -0.574. The summed E-state index contributed by atoms with van der Waals surface area (Å²) in [5.41, 5.74) is 0.658. The van der Waals surface area contributed by atoms with Gasteiger partial charge >= 0.3 is 0 Å². The zero-order chi connectivity index (χ0) is 18.8. The Labute approximate surface area is 149 Å². The van der Waals surface area contributed by atoms with E-state index in [0.717, 1.165) is 0 Å². The number of aliphatic hydroxyl groups excluding tert-OH is 4. The number of aliphatic hydroxyl groups is 4. The molecule has 6 N–H and O–H groups in total. The van der Waals surface area contributed by atoms with Gasteiger partial charge < -0.3 is 35.6 Å². The van der Waals surface area contributed by atoms with Crippen molar-refractivity contribution >= 4 is 16.7 Å². The van der Waals surface area contributed by atoms with Crippen molar-refractivity contribution in [1.29, 1.82) is 0 Å². The molecule has 8 nitrogen and oxygen atoms in total. The molecule has 2 aromatic carbocycles. The number of benzene rings is 2. The molecule has 1 fully saturated rings. The first-order chi connectivity index (χ1) is 12.4. The number of hydrogen-bond acceptors (Lipinski definition) is 7. The standard InChI is InChI=1S/C18H21NO7/c20-8-13-16(23)17(24)15(18(25)26-13)19-14(22)7-9-5-6-12(21)11-4-2-1-3-10(9)11/h1-6,13,15-18,20-21,23-25H,7-8H2,(H,19,22)/t13-,15-,16-,17-,18-/m1/s1. The van der Waals surface area contributed by atoms with Gasteiger partial charge in [-0.05, 0) is 17.0 Å². The van der Waals surface area contributed by atoms with Crippen molar-refractivity contribution in [3.63, 3.8) is 0 Å². The van der Waals surface area contributed by atoms with E-state index in [2.05, 4.69) is 5.32 Å². The third-order valence-electron chi connectivity index (χ3n) is 4.57. The number of aromatic hydroxyl groups is 1. The molecule has 0 spiro atoms. The van der Waals surface area contributed by atoms with Crippen LogP contribution in [0.25, 0.3) is 10.8 Å². The van der Waals surface area contributed by atoms with Crippen molar-refractivity contribution in [2.45, 2.75) is 37.1 Å². The molecule has 0 aromatic heterocycles. The minimum Gasteiger partial charge on any atom is -0.507 e. The molecule has 26 heavy (non-hydrogen) atoms. The number of fused-ring (bicyclic) bond motifs is 1. The quantitative estimate of drug-likeness (QED) is 0.410. The second-order valence-corrected chi connectivity index (χ2v) is 6.29. The molecule has 1 aliphatic rings. The Morgan fingerprint density at radius 1 is 1.04 bits per heavy atom. The van der Waals surface area contributed by atoms with Crippen LogP contribution >= 0.6 is 0 Å². The second kappa shape index (κ2) is 7.56. The van der Waals surface area contributed by atoms with Gasteiger partial charge in [0.15, 0.2) is 6.29 Å². The number of amides is 1. The van der Waals surface area contributed by atoms with Crippen LogP contribution in [0.2, 0.25) is 0 Å². The average Bonchev–Trinajstić information content (AvgIpc) is 2.64. The fourth-order valence-corrected chi connectivity index (χ4v) is 3.16. The molecule has 3 rings (SSSR count). The molecule has 140 valence electrons. The van der Waals surface area contributed by atoms with Crippen LogP contribution in [0.3, 0.4) is 0 Å². The van der Waals surface area contributed by atoms with Gasteiger partial charge in [-0.3, -0.25) is 4.79 Å². The molecular formula is C18H21NO7. The highest BCUT2D eigenvalue weighted by atomic mass is 16.6. The van der Waals surface area contributed by atoms with E-state index in [4.69, 9.17) is 9.84 Å². The van der Waals surface area contributed by atoms with Crippen molar-refractivity contribution in [2.24, 2.45) is 0 Å². The van der Waals surface area contributed by atoms with Gasteiger partial charge in [-0.2, -0.15) is 0 Å². The first kappa shape index (κ1) is 18.6. The third-order valence-corrected chi connectivity index (χ3v) is 4.57. The molecule has 1 aliphatic heterocycles. The van der Waals surface area contributed by atoms with E-state index in [1.165, 1.54) is 6.07 Å². The fourth-order valence-electron chi connectivity index (χ4n) is 3.16. The molecule has 0 bridgehead atoms. The highest BCUT2D eigenvalue weighted by molar-refractivity contribution is 5.93. The topological polar surface area (TPSA) is 139 Å². The van der Waals surface area contributed by atoms with Crippen LogP contribution in [0.5, 0.6) is 5.75 Å². The number of carbonyl (C=O) groups excluding carboxylic acids is 1. The first-order valence-electron chi connectivity index (χ1n) is 8.22. The molecule has 0 saturated carbocycles. The zero-order valence-corrected chi connectivity index (χ0v) is 13.8. The Morgan fingerprint density at radius 2 is 1.73 bits per heavy atom. The number of rotatable bonds is 4. The number of nitrogens with one attached hydrogen (secondary N) is 1. The van der Waals surface area contributed by atoms with Gasteiger partial charge in [0.1, 0.15) is 30.1 Å². The lowest BCUT2D eigenvalue weighted by Gasteiger charge is -2.40. The van der Waals surface area contributed by atoms with Crippen LogP contribution in [-0.2, 0) is 16.0 Å². The molecule has 2 aromatic rings. The Kier molecular flexibility index (Phi) is 5.40. The predicted molar refractivity (Wildman–Crippen MR) is 91.2 cm³/mol. The molecule has 0 radical (unpaired) electrons. The van der Waals surface area contributed by atoms with Gasteiger partial charge in [0.25, 0.3) is 0 Å². The monoisotopic (exact) mass is 363 g/mol.